The van der Waals surface area contributed by atoms with Gasteiger partial charge in [-0.15, -0.1) is 16.4 Å². The van der Waals surface area contributed by atoms with E-state index >= 15 is 0 Å². The van der Waals surface area contributed by atoms with Crippen molar-refractivity contribution in [3.05, 3.63) is 16.9 Å². The van der Waals surface area contributed by atoms with E-state index in [4.69, 9.17) is 9.57 Å². The van der Waals surface area contributed by atoms with Crippen molar-refractivity contribution in [3.8, 4) is 0 Å². The van der Waals surface area contributed by atoms with Gasteiger partial charge in [0, 0.05) is 5.38 Å². The summed E-state index contributed by atoms with van der Waals surface area (Å²) in [6.07, 6.45) is -0.758. The molecule has 4 N–H and O–H groups in total. The highest BCUT2D eigenvalue weighted by atomic mass is 32.1. The highest BCUT2D eigenvalue weighted by Gasteiger charge is 2.42. The molecule has 0 bridgehead atoms. The Morgan fingerprint density at radius 1 is 1.27 bits per heavy atom. The molecular formula is C20H27N9O7S. The van der Waals surface area contributed by atoms with Gasteiger partial charge < -0.3 is 25.3 Å². The summed E-state index contributed by atoms with van der Waals surface area (Å²) in [5.74, 6) is -2.10. The number of hydrogen-bond donors (Lipinski definition) is 4. The van der Waals surface area contributed by atoms with E-state index in [9.17, 15) is 24.3 Å². The number of tetrazole rings is 1. The highest BCUT2D eigenvalue weighted by molar-refractivity contribution is 7.14. The fourth-order valence-corrected chi connectivity index (χ4v) is 3.49. The highest BCUT2D eigenvalue weighted by Crippen LogP contribution is 2.20. The van der Waals surface area contributed by atoms with Crippen molar-refractivity contribution in [2.45, 2.75) is 71.4 Å². The molecule has 0 saturated carbocycles. The third kappa shape index (κ3) is 6.96. The Morgan fingerprint density at radius 3 is 2.54 bits per heavy atom. The zero-order valence-electron chi connectivity index (χ0n) is 20.9. The fraction of sp³-hybridized carbons (Fsp3) is 0.550. The molecule has 0 radical (unpaired) electrons. The van der Waals surface area contributed by atoms with Crippen molar-refractivity contribution in [3.63, 3.8) is 0 Å². The maximum Gasteiger partial charge on any atom is 0.413 e. The van der Waals surface area contributed by atoms with E-state index in [0.29, 0.717) is 5.82 Å². The number of aryl methyl sites for hydroxylation is 1. The average Bonchev–Trinajstić information content (AvgIpc) is 3.39. The molecule has 1 saturated heterocycles. The quantitative estimate of drug-likeness (QED) is 0.191. The van der Waals surface area contributed by atoms with Crippen LogP contribution in [0.3, 0.4) is 0 Å². The van der Waals surface area contributed by atoms with E-state index in [-0.39, 0.29) is 17.4 Å². The van der Waals surface area contributed by atoms with Gasteiger partial charge in [-0.1, -0.05) is 5.16 Å². The number of oxime groups is 1. The second-order valence-electron chi connectivity index (χ2n) is 9.49. The third-order valence-corrected chi connectivity index (χ3v) is 5.59. The van der Waals surface area contributed by atoms with Gasteiger partial charge in [-0.25, -0.2) is 19.3 Å². The molecule has 2 aromatic rings. The number of β-lactam (4-membered cyclic amide) rings is 1. The number of carboxylic acids is 1. The van der Waals surface area contributed by atoms with E-state index in [1.807, 2.05) is 0 Å². The zero-order chi connectivity index (χ0) is 27.5. The van der Waals surface area contributed by atoms with Crippen molar-refractivity contribution >= 4 is 46.1 Å². The molecule has 1 aliphatic heterocycles. The number of thiazole rings is 1. The summed E-state index contributed by atoms with van der Waals surface area (Å²) < 4.78 is 6.65. The maximum atomic E-state index is 13.2. The van der Waals surface area contributed by atoms with Gasteiger partial charge in [-0.3, -0.25) is 14.9 Å². The number of nitrogens with zero attached hydrogens (tertiary/aromatic N) is 6. The van der Waals surface area contributed by atoms with Gasteiger partial charge in [0.25, 0.3) is 5.91 Å². The Morgan fingerprint density at radius 2 is 1.97 bits per heavy atom. The van der Waals surface area contributed by atoms with Gasteiger partial charge in [0.15, 0.2) is 10.8 Å². The predicted octanol–water partition coefficient (Wildman–Crippen LogP) is 0.0523. The van der Waals surface area contributed by atoms with Crippen LogP contribution in [-0.4, -0.2) is 83.2 Å². The molecule has 0 aromatic carbocycles. The predicted molar refractivity (Wildman–Crippen MR) is 128 cm³/mol. The van der Waals surface area contributed by atoms with Crippen LogP contribution < -0.4 is 16.0 Å². The Hall–Kier alpha value is -4.15. The van der Waals surface area contributed by atoms with Crippen LogP contribution in [0.15, 0.2) is 10.5 Å². The van der Waals surface area contributed by atoms with Crippen molar-refractivity contribution in [1.29, 1.82) is 0 Å². The summed E-state index contributed by atoms with van der Waals surface area (Å²) in [7, 11) is 0. The SMILES string of the molecule is Cc1nnnn1C[C@@H]1NC(=O)[C@H]1NC(=O)C(=NOC(C)(C)C(=O)O)c1csc(NC(=O)OC(C)(C)C)n1. The molecule has 16 nitrogen and oxygen atoms in total. The largest absolute Gasteiger partial charge is 0.478 e. The topological polar surface area (TPSA) is 212 Å². The molecule has 1 aliphatic rings. The summed E-state index contributed by atoms with van der Waals surface area (Å²) in [4.78, 5) is 58.1. The number of amides is 3. The van der Waals surface area contributed by atoms with Crippen LogP contribution in [0.5, 0.6) is 0 Å². The van der Waals surface area contributed by atoms with Crippen molar-refractivity contribution < 1.29 is 33.9 Å². The van der Waals surface area contributed by atoms with E-state index < -0.39 is 52.9 Å². The van der Waals surface area contributed by atoms with Crippen LogP contribution in [0.25, 0.3) is 0 Å². The lowest BCUT2D eigenvalue weighted by Crippen LogP contribution is -2.70. The lowest BCUT2D eigenvalue weighted by atomic mass is 9.98. The Balaban J connectivity index is 1.80. The Labute approximate surface area is 214 Å². The number of rotatable bonds is 9. The number of aromatic nitrogens is 5. The molecule has 200 valence electrons. The first-order chi connectivity index (χ1) is 17.2. The van der Waals surface area contributed by atoms with Crippen LogP contribution in [-0.2, 0) is 30.5 Å². The molecule has 2 atom stereocenters. The Bertz CT molecular complexity index is 1230. The molecule has 0 aliphatic carbocycles. The van der Waals surface area contributed by atoms with E-state index in [1.165, 1.54) is 23.9 Å². The maximum absolute atomic E-state index is 13.2. The van der Waals surface area contributed by atoms with E-state index in [2.05, 4.69) is 41.6 Å². The number of anilines is 1. The molecule has 1 fully saturated rings. The van der Waals surface area contributed by atoms with Crippen LogP contribution in [0, 0.1) is 6.92 Å². The number of ether oxygens (including phenoxy) is 1. The molecule has 0 spiro atoms. The van der Waals surface area contributed by atoms with Crippen LogP contribution in [0.4, 0.5) is 9.93 Å². The van der Waals surface area contributed by atoms with Gasteiger partial charge in [-0.2, -0.15) is 0 Å². The number of carbonyl (C=O) groups is 4. The third-order valence-electron chi connectivity index (χ3n) is 4.83. The van der Waals surface area contributed by atoms with Gasteiger partial charge in [0.2, 0.25) is 11.5 Å². The number of nitrogens with one attached hydrogen (secondary N) is 3. The van der Waals surface area contributed by atoms with Gasteiger partial charge >= 0.3 is 12.1 Å². The van der Waals surface area contributed by atoms with Crippen LogP contribution >= 0.6 is 11.3 Å². The number of carboxylic acid groups (broad SMARTS) is 1. The number of hydrogen-bond acceptors (Lipinski definition) is 12. The lowest BCUT2D eigenvalue weighted by Gasteiger charge is -2.36. The lowest BCUT2D eigenvalue weighted by molar-refractivity contribution is -0.161. The minimum atomic E-state index is -1.77. The second-order valence-corrected chi connectivity index (χ2v) is 10.3. The molecule has 37 heavy (non-hydrogen) atoms. The van der Waals surface area contributed by atoms with Crippen molar-refractivity contribution in [2.24, 2.45) is 5.16 Å². The number of aliphatic carboxylic acids is 1. The molecule has 3 rings (SSSR count). The minimum Gasteiger partial charge on any atom is -0.478 e. The Kier molecular flexibility index (Phi) is 7.75. The smallest absolute Gasteiger partial charge is 0.413 e. The van der Waals surface area contributed by atoms with Gasteiger partial charge in [0.05, 0.1) is 12.6 Å². The van der Waals surface area contributed by atoms with Crippen LogP contribution in [0.2, 0.25) is 0 Å². The first-order valence-electron chi connectivity index (χ1n) is 11.0. The molecule has 3 heterocycles. The summed E-state index contributed by atoms with van der Waals surface area (Å²) in [5.41, 5.74) is -2.94. The second kappa shape index (κ2) is 10.5. The molecule has 3 amide bonds. The summed E-state index contributed by atoms with van der Waals surface area (Å²) >= 11 is 0.973. The molecular weight excluding hydrogens is 510 g/mol. The van der Waals surface area contributed by atoms with E-state index in [1.54, 1.807) is 27.7 Å². The first kappa shape index (κ1) is 27.4. The van der Waals surface area contributed by atoms with Gasteiger partial charge in [0.1, 0.15) is 23.2 Å². The van der Waals surface area contributed by atoms with Gasteiger partial charge in [-0.05, 0) is 52.0 Å². The average molecular weight is 538 g/mol. The molecule has 2 aromatic heterocycles. The first-order valence-corrected chi connectivity index (χ1v) is 11.8. The molecule has 17 heteroatoms. The summed E-state index contributed by atoms with van der Waals surface area (Å²) in [5, 5.41) is 33.4. The van der Waals surface area contributed by atoms with Crippen LogP contribution in [0.1, 0.15) is 46.1 Å². The van der Waals surface area contributed by atoms with E-state index in [0.717, 1.165) is 11.3 Å². The normalized spacial score (nSPS) is 17.9. The van der Waals surface area contributed by atoms with Crippen molar-refractivity contribution in [1.82, 2.24) is 35.8 Å². The fourth-order valence-electron chi connectivity index (χ4n) is 2.81. The van der Waals surface area contributed by atoms with Crippen molar-refractivity contribution in [2.75, 3.05) is 5.32 Å². The minimum absolute atomic E-state index is 0.0256. The molecule has 0 unspecified atom stereocenters. The number of carbonyl (C=O) groups excluding carboxylic acids is 3. The standard InChI is InChI=1S/C20H27N9O7S/c1-9-25-27-28-29(9)7-10-12(14(30)21-10)23-15(31)13(26-36-20(5,6)16(32)33)11-8-37-17(22-11)24-18(34)35-19(2,3)4/h8,10,12H,7H2,1-6H3,(H,21,30)(H,23,31)(H,32,33)(H,22,24,34)/t10-,12-/m0/s1. The zero-order valence-corrected chi connectivity index (χ0v) is 21.7. The monoisotopic (exact) mass is 537 g/mol. The summed E-state index contributed by atoms with van der Waals surface area (Å²) in [6, 6.07) is -1.47. The summed E-state index contributed by atoms with van der Waals surface area (Å²) in [6.45, 7) is 9.46.